The summed E-state index contributed by atoms with van der Waals surface area (Å²) in [7, 11) is 0. The van der Waals surface area contributed by atoms with Crippen LogP contribution in [-0.2, 0) is 9.53 Å². The highest BCUT2D eigenvalue weighted by Crippen LogP contribution is 2.32. The Balaban J connectivity index is 1.68. The number of hydrogen-bond acceptors (Lipinski definition) is 12. The molecule has 2 unspecified atom stereocenters. The molecule has 3 rings (SSSR count). The molecule has 3 heterocycles. The van der Waals surface area contributed by atoms with Crippen molar-refractivity contribution in [3.63, 3.8) is 0 Å². The Hall–Kier alpha value is -2.51. The van der Waals surface area contributed by atoms with Crippen LogP contribution < -0.4 is 16.4 Å². The molecule has 1 aliphatic rings. The van der Waals surface area contributed by atoms with E-state index in [9.17, 15) is 20.1 Å². The lowest BCUT2D eigenvalue weighted by Crippen LogP contribution is -2.43. The highest BCUT2D eigenvalue weighted by Gasteiger charge is 2.44. The van der Waals surface area contributed by atoms with Crippen molar-refractivity contribution < 1.29 is 30.0 Å². The molecule has 0 bridgehead atoms. The van der Waals surface area contributed by atoms with Crippen molar-refractivity contribution in [3.05, 3.63) is 6.33 Å². The van der Waals surface area contributed by atoms with Crippen molar-refractivity contribution in [2.45, 2.75) is 35.6 Å². The lowest BCUT2D eigenvalue weighted by Gasteiger charge is -2.16. The number of aliphatic hydroxyl groups is 4. The van der Waals surface area contributed by atoms with Crippen molar-refractivity contribution >= 4 is 35.6 Å². The van der Waals surface area contributed by atoms with Gasteiger partial charge in [-0.05, 0) is 0 Å². The summed E-state index contributed by atoms with van der Waals surface area (Å²) in [4.78, 5) is 24.1. The van der Waals surface area contributed by atoms with Crippen molar-refractivity contribution in [2.75, 3.05) is 31.6 Å². The zero-order valence-electron chi connectivity index (χ0n) is 16.2. The first-order chi connectivity index (χ1) is 14.9. The summed E-state index contributed by atoms with van der Waals surface area (Å²) in [5.41, 5.74) is 6.03. The fraction of sp³-hybridized carbons (Fsp3) is 0.529. The van der Waals surface area contributed by atoms with Gasteiger partial charge in [0.2, 0.25) is 11.9 Å². The Bertz CT molecular complexity index is 992. The SMILES string of the molecule is NC(CO)C(=O)NCC#CCNc1nc(S)c2ncn([C@@H]3O[C@H](CO)C(O)[C@@H]3O)c2n1. The summed E-state index contributed by atoms with van der Waals surface area (Å²) in [5.74, 6) is 5.17. The third kappa shape index (κ3) is 5.05. The van der Waals surface area contributed by atoms with Gasteiger partial charge in [0.05, 0.1) is 32.6 Å². The fourth-order valence-electron chi connectivity index (χ4n) is 2.87. The molecule has 1 saturated heterocycles. The Kier molecular flexibility index (Phi) is 7.62. The van der Waals surface area contributed by atoms with E-state index in [1.165, 1.54) is 10.9 Å². The van der Waals surface area contributed by atoms with Crippen molar-refractivity contribution in [1.82, 2.24) is 24.8 Å². The van der Waals surface area contributed by atoms with Gasteiger partial charge in [-0.15, -0.1) is 12.6 Å². The van der Waals surface area contributed by atoms with E-state index in [2.05, 4.69) is 50.1 Å². The predicted molar refractivity (Wildman–Crippen MR) is 110 cm³/mol. The Morgan fingerprint density at radius 2 is 2.03 bits per heavy atom. The maximum atomic E-state index is 11.4. The molecule has 1 fully saturated rings. The molecule has 8 N–H and O–H groups in total. The van der Waals surface area contributed by atoms with E-state index in [0.29, 0.717) is 11.2 Å². The van der Waals surface area contributed by atoms with E-state index >= 15 is 0 Å². The van der Waals surface area contributed by atoms with Gasteiger partial charge in [0.15, 0.2) is 11.9 Å². The van der Waals surface area contributed by atoms with E-state index in [1.54, 1.807) is 0 Å². The highest BCUT2D eigenvalue weighted by atomic mass is 32.1. The van der Waals surface area contributed by atoms with Crippen molar-refractivity contribution in [3.8, 4) is 11.8 Å². The summed E-state index contributed by atoms with van der Waals surface area (Å²) >= 11 is 4.31. The molecule has 0 aliphatic carbocycles. The Labute approximate surface area is 182 Å². The number of fused-ring (bicyclic) bond motifs is 1. The minimum atomic E-state index is -1.29. The van der Waals surface area contributed by atoms with E-state index in [0.717, 1.165) is 0 Å². The second kappa shape index (κ2) is 10.2. The quantitative estimate of drug-likeness (QED) is 0.118. The number of amides is 1. The van der Waals surface area contributed by atoms with Crippen LogP contribution in [0, 0.1) is 11.8 Å². The molecule has 0 spiro atoms. The highest BCUT2D eigenvalue weighted by molar-refractivity contribution is 7.80. The molecule has 2 aromatic heterocycles. The molecule has 0 radical (unpaired) electrons. The zero-order chi connectivity index (χ0) is 22.5. The number of carbonyl (C=O) groups excluding carboxylic acids is 1. The summed E-state index contributed by atoms with van der Waals surface area (Å²) < 4.78 is 6.95. The van der Waals surface area contributed by atoms with Crippen LogP contribution in [0.2, 0.25) is 0 Å². The number of carbonyl (C=O) groups is 1. The molecule has 0 aromatic carbocycles. The van der Waals surface area contributed by atoms with Crippen LogP contribution in [0.3, 0.4) is 0 Å². The summed E-state index contributed by atoms with van der Waals surface area (Å²) in [6.07, 6.45) is -3.10. The van der Waals surface area contributed by atoms with Gasteiger partial charge in [-0.1, -0.05) is 11.8 Å². The number of aliphatic hydroxyl groups excluding tert-OH is 4. The maximum absolute atomic E-state index is 11.4. The van der Waals surface area contributed by atoms with Gasteiger partial charge in [0.1, 0.15) is 34.9 Å². The molecule has 14 heteroatoms. The van der Waals surface area contributed by atoms with Crippen LogP contribution in [0.25, 0.3) is 11.2 Å². The number of ether oxygens (including phenoxy) is 1. The first kappa shape index (κ1) is 23.2. The minimum Gasteiger partial charge on any atom is -0.394 e. The summed E-state index contributed by atoms with van der Waals surface area (Å²) in [6, 6.07) is -0.991. The second-order valence-corrected chi connectivity index (χ2v) is 7.06. The average molecular weight is 453 g/mol. The van der Waals surface area contributed by atoms with Crippen LogP contribution in [0.4, 0.5) is 5.95 Å². The van der Waals surface area contributed by atoms with Crippen LogP contribution in [0.5, 0.6) is 0 Å². The molecule has 1 amide bonds. The standard InChI is InChI=1S/C17H23N7O6S/c18-8(5-25)14(29)19-3-1-2-4-20-17-22-13-10(15(31)23-17)21-7-24(13)16-12(28)11(27)9(6-26)30-16/h7-9,11-12,16,25-28H,3-6,18H2,(H,19,29)(H2,20,22,23,31)/t8?,9-,11?,12+,16-/m1/s1. The summed E-state index contributed by atoms with van der Waals surface area (Å²) in [6.45, 7) is -0.690. The van der Waals surface area contributed by atoms with Gasteiger partial charge >= 0.3 is 0 Å². The van der Waals surface area contributed by atoms with Crippen molar-refractivity contribution in [1.29, 1.82) is 0 Å². The smallest absolute Gasteiger partial charge is 0.240 e. The van der Waals surface area contributed by atoms with Gasteiger partial charge in [-0.25, -0.2) is 9.97 Å². The minimum absolute atomic E-state index is 0.0595. The predicted octanol–water partition coefficient (Wildman–Crippen LogP) is -3.42. The van der Waals surface area contributed by atoms with Crippen LogP contribution in [-0.4, -0.2) is 96.5 Å². The lowest BCUT2D eigenvalue weighted by atomic mass is 10.1. The van der Waals surface area contributed by atoms with Gasteiger partial charge < -0.3 is 41.5 Å². The number of thiol groups is 1. The molecule has 0 saturated carbocycles. The fourth-order valence-corrected chi connectivity index (χ4v) is 3.12. The first-order valence-corrected chi connectivity index (χ1v) is 9.71. The number of nitrogens with two attached hydrogens (primary N) is 1. The van der Waals surface area contributed by atoms with Gasteiger partial charge in [0.25, 0.3) is 0 Å². The number of aromatic nitrogens is 4. The van der Waals surface area contributed by atoms with E-state index in [-0.39, 0.29) is 24.1 Å². The number of rotatable bonds is 7. The largest absolute Gasteiger partial charge is 0.394 e. The monoisotopic (exact) mass is 453 g/mol. The van der Waals surface area contributed by atoms with Gasteiger partial charge in [-0.3, -0.25) is 9.36 Å². The number of hydrogen-bond donors (Lipinski definition) is 8. The third-order valence-electron chi connectivity index (χ3n) is 4.54. The van der Waals surface area contributed by atoms with E-state index < -0.39 is 49.7 Å². The molecule has 1 aliphatic heterocycles. The Morgan fingerprint density at radius 1 is 1.29 bits per heavy atom. The first-order valence-electron chi connectivity index (χ1n) is 9.27. The average Bonchev–Trinajstić information content (AvgIpc) is 3.31. The molecular formula is C17H23N7O6S. The van der Waals surface area contributed by atoms with Crippen LogP contribution in [0.1, 0.15) is 6.23 Å². The molecule has 2 aromatic rings. The Morgan fingerprint density at radius 3 is 2.71 bits per heavy atom. The van der Waals surface area contributed by atoms with E-state index in [4.69, 9.17) is 15.6 Å². The second-order valence-electron chi connectivity index (χ2n) is 6.64. The molecular weight excluding hydrogens is 430 g/mol. The number of anilines is 1. The number of imidazole rings is 1. The summed E-state index contributed by atoms with van der Waals surface area (Å²) in [5, 5.41) is 43.9. The third-order valence-corrected chi connectivity index (χ3v) is 4.85. The van der Waals surface area contributed by atoms with Crippen molar-refractivity contribution in [2.24, 2.45) is 5.73 Å². The normalized spacial score (nSPS) is 23.9. The topological polar surface area (TPSA) is 201 Å². The molecule has 168 valence electrons. The van der Waals surface area contributed by atoms with Gasteiger partial charge in [-0.2, -0.15) is 4.98 Å². The number of nitrogens with one attached hydrogen (secondary N) is 2. The van der Waals surface area contributed by atoms with Crippen LogP contribution >= 0.6 is 12.6 Å². The maximum Gasteiger partial charge on any atom is 0.240 e. The molecule has 31 heavy (non-hydrogen) atoms. The van der Waals surface area contributed by atoms with Crippen LogP contribution in [0.15, 0.2) is 11.4 Å². The van der Waals surface area contributed by atoms with E-state index in [1.807, 2.05) is 0 Å². The molecule has 5 atom stereocenters. The van der Waals surface area contributed by atoms with Gasteiger partial charge in [0, 0.05) is 0 Å². The zero-order valence-corrected chi connectivity index (χ0v) is 17.1. The lowest BCUT2D eigenvalue weighted by molar-refractivity contribution is -0.122. The number of nitrogens with zero attached hydrogens (tertiary/aromatic N) is 4. The molecule has 13 nitrogen and oxygen atoms in total.